The van der Waals surface area contributed by atoms with Crippen molar-refractivity contribution in [3.63, 3.8) is 0 Å². The summed E-state index contributed by atoms with van der Waals surface area (Å²) in [5, 5.41) is 8.23. The molecular weight excluding hydrogens is 516 g/mol. The van der Waals surface area contributed by atoms with E-state index >= 15 is 0 Å². The molecule has 3 heterocycles. The number of amides is 2. The zero-order chi connectivity index (χ0) is 28.1. The zero-order valence-electron chi connectivity index (χ0n) is 23.4. The molecule has 0 atom stereocenters. The number of anilines is 1. The first kappa shape index (κ1) is 27.6. The minimum absolute atomic E-state index is 0.00353. The van der Waals surface area contributed by atoms with Crippen LogP contribution in [-0.4, -0.2) is 76.2 Å². The van der Waals surface area contributed by atoms with Gasteiger partial charge in [0.15, 0.2) is 0 Å². The number of hydrogen-bond acceptors (Lipinski definition) is 6. The van der Waals surface area contributed by atoms with Gasteiger partial charge in [0.1, 0.15) is 0 Å². The lowest BCUT2D eigenvalue weighted by molar-refractivity contribution is 0.0487. The number of sulfonamides is 1. The molecule has 0 radical (unpaired) electrons. The van der Waals surface area contributed by atoms with Gasteiger partial charge in [0.25, 0.3) is 11.8 Å². The summed E-state index contributed by atoms with van der Waals surface area (Å²) >= 11 is 0. The maximum atomic E-state index is 13.6. The van der Waals surface area contributed by atoms with Crippen LogP contribution in [0.3, 0.4) is 0 Å². The van der Waals surface area contributed by atoms with E-state index in [1.807, 2.05) is 35.6 Å². The molecule has 1 aliphatic carbocycles. The number of nitrogens with two attached hydrogens (primary N) is 1. The van der Waals surface area contributed by atoms with Gasteiger partial charge in [-0.2, -0.15) is 5.10 Å². The van der Waals surface area contributed by atoms with E-state index < -0.39 is 15.9 Å². The smallest absolute Gasteiger partial charge is 0.258 e. The number of carbonyl (C=O) groups excluding carboxylic acids is 2. The Kier molecular flexibility index (Phi) is 7.26. The summed E-state index contributed by atoms with van der Waals surface area (Å²) in [4.78, 5) is 27.9. The van der Waals surface area contributed by atoms with Crippen LogP contribution in [0.2, 0.25) is 0 Å². The monoisotopic (exact) mass is 556 g/mol. The molecule has 3 aliphatic rings. The second kappa shape index (κ2) is 10.2. The maximum absolute atomic E-state index is 13.6. The minimum Gasteiger partial charge on any atom is -0.382 e. The van der Waals surface area contributed by atoms with Gasteiger partial charge in [0.2, 0.25) is 10.0 Å². The first-order chi connectivity index (χ1) is 18.4. The molecule has 2 aliphatic heterocycles. The zero-order valence-corrected chi connectivity index (χ0v) is 24.2. The van der Waals surface area contributed by atoms with Crippen LogP contribution in [0.5, 0.6) is 0 Å². The fourth-order valence-electron chi connectivity index (χ4n) is 5.92. The van der Waals surface area contributed by atoms with Gasteiger partial charge < -0.3 is 16.0 Å². The highest BCUT2D eigenvalue weighted by molar-refractivity contribution is 7.89. The Labute approximate surface area is 231 Å². The number of fused-ring (bicyclic) bond motifs is 1. The van der Waals surface area contributed by atoms with E-state index in [0.29, 0.717) is 67.2 Å². The van der Waals surface area contributed by atoms with Gasteiger partial charge in [-0.3, -0.25) is 9.59 Å². The number of nitrogens with zero attached hydrogens (tertiary/aromatic N) is 4. The van der Waals surface area contributed by atoms with E-state index in [9.17, 15) is 18.0 Å². The first-order valence-corrected chi connectivity index (χ1v) is 15.6. The molecule has 2 amide bonds. The summed E-state index contributed by atoms with van der Waals surface area (Å²) < 4.78 is 28.3. The van der Waals surface area contributed by atoms with Crippen molar-refractivity contribution < 1.29 is 18.0 Å². The van der Waals surface area contributed by atoms with Crippen molar-refractivity contribution in [2.24, 2.45) is 11.7 Å². The van der Waals surface area contributed by atoms with Gasteiger partial charge >= 0.3 is 0 Å². The van der Waals surface area contributed by atoms with Crippen molar-refractivity contribution in [1.29, 1.82) is 0 Å². The van der Waals surface area contributed by atoms with Crippen molar-refractivity contribution in [2.75, 3.05) is 30.7 Å². The molecule has 0 unspecified atom stereocenters. The summed E-state index contributed by atoms with van der Waals surface area (Å²) in [6.07, 6.45) is 4.88. The predicted molar refractivity (Wildman–Crippen MR) is 151 cm³/mol. The number of primary amides is 1. The van der Waals surface area contributed by atoms with E-state index in [2.05, 4.69) is 19.2 Å². The van der Waals surface area contributed by atoms with Crippen LogP contribution in [0.15, 0.2) is 18.2 Å². The summed E-state index contributed by atoms with van der Waals surface area (Å²) in [7, 11) is -3.23. The predicted octanol–water partition coefficient (Wildman–Crippen LogP) is 3.08. The average molecular weight is 557 g/mol. The molecule has 1 saturated heterocycles. The van der Waals surface area contributed by atoms with Crippen LogP contribution in [0.4, 0.5) is 5.69 Å². The second-order valence-corrected chi connectivity index (χ2v) is 14.0. The molecule has 11 heteroatoms. The number of nitrogens with one attached hydrogen (secondary N) is 1. The molecule has 2 aromatic rings. The minimum atomic E-state index is -3.23. The normalized spacial score (nSPS) is 20.2. The highest BCUT2D eigenvalue weighted by Crippen LogP contribution is 2.38. The lowest BCUT2D eigenvalue weighted by Crippen LogP contribution is -2.53. The Morgan fingerprint density at radius 2 is 1.87 bits per heavy atom. The summed E-state index contributed by atoms with van der Waals surface area (Å²) in [5.41, 5.74) is 9.32. The molecule has 1 aromatic carbocycles. The van der Waals surface area contributed by atoms with Crippen LogP contribution in [0.25, 0.3) is 5.69 Å². The lowest BCUT2D eigenvalue weighted by Gasteiger charge is -2.42. The van der Waals surface area contributed by atoms with E-state index in [0.717, 1.165) is 17.9 Å². The number of aryl methyl sites for hydroxylation is 1. The Bertz CT molecular complexity index is 1390. The quantitative estimate of drug-likeness (QED) is 0.488. The Morgan fingerprint density at radius 1 is 1.18 bits per heavy atom. The van der Waals surface area contributed by atoms with Gasteiger partial charge in [0, 0.05) is 43.3 Å². The molecule has 2 fully saturated rings. The molecular formula is C28H40N6O4S. The van der Waals surface area contributed by atoms with E-state index in [4.69, 9.17) is 10.8 Å². The number of aromatic nitrogens is 2. The van der Waals surface area contributed by atoms with Crippen molar-refractivity contribution in [2.45, 2.75) is 77.8 Å². The van der Waals surface area contributed by atoms with Crippen LogP contribution < -0.4 is 11.1 Å². The van der Waals surface area contributed by atoms with E-state index in [-0.39, 0.29) is 23.2 Å². The fraction of sp³-hybridized carbons (Fsp3) is 0.607. The summed E-state index contributed by atoms with van der Waals surface area (Å²) in [6.45, 7) is 9.62. The Morgan fingerprint density at radius 3 is 2.49 bits per heavy atom. The maximum Gasteiger partial charge on any atom is 0.258 e. The molecule has 0 spiro atoms. The molecule has 39 heavy (non-hydrogen) atoms. The SMILES string of the molecule is CCCS(=O)(=O)N1CCC(Nc2cc(-n3nc(C)c4c3CC(C)(C)N(CC3CC3)C4=O)ccc2C(N)=O)CC1. The van der Waals surface area contributed by atoms with Crippen molar-refractivity contribution in [3.8, 4) is 5.69 Å². The molecule has 1 saturated carbocycles. The number of piperidine rings is 1. The largest absolute Gasteiger partial charge is 0.382 e. The third kappa shape index (κ3) is 5.43. The summed E-state index contributed by atoms with van der Waals surface area (Å²) in [5.74, 6) is 0.245. The number of carbonyl (C=O) groups is 2. The van der Waals surface area contributed by atoms with Gasteiger partial charge in [-0.25, -0.2) is 17.4 Å². The topological polar surface area (TPSA) is 131 Å². The van der Waals surface area contributed by atoms with Crippen LogP contribution in [-0.2, 0) is 16.4 Å². The average Bonchev–Trinajstić information content (AvgIpc) is 3.63. The molecule has 5 rings (SSSR count). The van der Waals surface area contributed by atoms with Crippen molar-refractivity contribution >= 4 is 27.5 Å². The Balaban J connectivity index is 1.42. The third-order valence-corrected chi connectivity index (χ3v) is 10.3. The van der Waals surface area contributed by atoms with Gasteiger partial charge in [-0.05, 0) is 77.0 Å². The Hall–Kier alpha value is -2.92. The van der Waals surface area contributed by atoms with Crippen molar-refractivity contribution in [1.82, 2.24) is 19.0 Å². The highest BCUT2D eigenvalue weighted by atomic mass is 32.2. The standard InChI is InChI=1S/C28H40N6O4S/c1-5-14-39(37,38)32-12-10-20(11-13-32)30-23-15-21(8-9-22(23)26(29)35)34-24-16-28(3,4)33(17-19-6-7-19)27(36)25(24)18(2)31-34/h8-9,15,19-20,30H,5-7,10-14,16-17H2,1-4H3,(H2,29,35). The van der Waals surface area contributed by atoms with Crippen LogP contribution in [0.1, 0.15) is 85.0 Å². The first-order valence-electron chi connectivity index (χ1n) is 14.0. The second-order valence-electron chi connectivity index (χ2n) is 11.9. The van der Waals surface area contributed by atoms with E-state index in [1.54, 1.807) is 10.4 Å². The fourth-order valence-corrected chi connectivity index (χ4v) is 7.46. The number of rotatable bonds is 9. The highest BCUT2D eigenvalue weighted by Gasteiger charge is 2.43. The van der Waals surface area contributed by atoms with Gasteiger partial charge in [-0.15, -0.1) is 0 Å². The number of hydrogen-bond donors (Lipinski definition) is 2. The van der Waals surface area contributed by atoms with Crippen LogP contribution in [0, 0.1) is 12.8 Å². The lowest BCUT2D eigenvalue weighted by atomic mass is 9.87. The van der Waals surface area contributed by atoms with Crippen molar-refractivity contribution in [3.05, 3.63) is 40.7 Å². The molecule has 1 aromatic heterocycles. The summed E-state index contributed by atoms with van der Waals surface area (Å²) in [6, 6.07) is 5.36. The van der Waals surface area contributed by atoms with Crippen LogP contribution >= 0.6 is 0 Å². The molecule has 10 nitrogen and oxygen atoms in total. The molecule has 0 bridgehead atoms. The van der Waals surface area contributed by atoms with Gasteiger partial charge in [-0.1, -0.05) is 6.92 Å². The van der Waals surface area contributed by atoms with E-state index in [1.165, 1.54) is 12.8 Å². The number of benzene rings is 1. The third-order valence-electron chi connectivity index (χ3n) is 8.27. The molecule has 212 valence electrons. The molecule has 3 N–H and O–H groups in total. The van der Waals surface area contributed by atoms with Gasteiger partial charge in [0.05, 0.1) is 34.0 Å².